The van der Waals surface area contributed by atoms with Gasteiger partial charge in [-0.2, -0.15) is 0 Å². The van der Waals surface area contributed by atoms with Gasteiger partial charge in [0.15, 0.2) is 0 Å². The molecule has 0 aliphatic carbocycles. The molecule has 1 aromatic carbocycles. The van der Waals surface area contributed by atoms with Crippen molar-refractivity contribution in [2.45, 2.75) is 50.9 Å². The molecule has 0 aromatic heterocycles. The summed E-state index contributed by atoms with van der Waals surface area (Å²) in [7, 11) is 0. The van der Waals surface area contributed by atoms with Crippen molar-refractivity contribution in [2.75, 3.05) is 0 Å². The van der Waals surface area contributed by atoms with Gasteiger partial charge in [0, 0.05) is 30.9 Å². The van der Waals surface area contributed by atoms with Crippen molar-refractivity contribution >= 4 is 23.4 Å². The van der Waals surface area contributed by atoms with Crippen LogP contribution in [0.5, 0.6) is 11.5 Å². The second-order valence-corrected chi connectivity index (χ2v) is 6.75. The minimum Gasteiger partial charge on any atom is -0.507 e. The highest BCUT2D eigenvalue weighted by molar-refractivity contribution is 6.33. The molecule has 0 saturated carbocycles. The van der Waals surface area contributed by atoms with Crippen LogP contribution in [-0.2, 0) is 20.7 Å². The maximum Gasteiger partial charge on any atom is 0.342 e. The number of phenolic OH excluding ortho intramolecular Hbond substituents is 2. The molecule has 3 rings (SSSR count). The number of hydrogen-bond acceptors (Lipinski definition) is 6. The van der Waals surface area contributed by atoms with E-state index in [9.17, 15) is 19.8 Å². The van der Waals surface area contributed by atoms with Crippen LogP contribution in [0.3, 0.4) is 0 Å². The fourth-order valence-electron chi connectivity index (χ4n) is 3.00. The van der Waals surface area contributed by atoms with E-state index in [0.29, 0.717) is 12.8 Å². The van der Waals surface area contributed by atoms with Gasteiger partial charge in [-0.15, -0.1) is 0 Å². The molecule has 2 aliphatic heterocycles. The first-order chi connectivity index (χ1) is 11.9. The Balaban J connectivity index is 1.97. The largest absolute Gasteiger partial charge is 0.507 e. The normalized spacial score (nSPS) is 28.3. The van der Waals surface area contributed by atoms with Crippen molar-refractivity contribution < 1.29 is 29.3 Å². The first kappa shape index (κ1) is 17.8. The second-order valence-electron chi connectivity index (χ2n) is 6.37. The van der Waals surface area contributed by atoms with Crippen LogP contribution in [0, 0.1) is 0 Å². The van der Waals surface area contributed by atoms with E-state index in [-0.39, 0.29) is 47.0 Å². The summed E-state index contributed by atoms with van der Waals surface area (Å²) in [6.45, 7) is 1.74. The van der Waals surface area contributed by atoms with Crippen molar-refractivity contribution in [1.82, 2.24) is 0 Å². The van der Waals surface area contributed by atoms with Gasteiger partial charge in [0.05, 0.1) is 17.2 Å². The van der Waals surface area contributed by atoms with E-state index in [0.717, 1.165) is 6.07 Å². The lowest BCUT2D eigenvalue weighted by molar-refractivity contribution is -0.117. The predicted octanol–water partition coefficient (Wildman–Crippen LogP) is 2.92. The van der Waals surface area contributed by atoms with Crippen molar-refractivity contribution in [2.24, 2.45) is 0 Å². The summed E-state index contributed by atoms with van der Waals surface area (Å²) in [5, 5.41) is 19.8. The molecule has 25 heavy (non-hydrogen) atoms. The van der Waals surface area contributed by atoms with E-state index in [4.69, 9.17) is 21.1 Å². The molecular weight excluding hydrogens is 348 g/mol. The van der Waals surface area contributed by atoms with Gasteiger partial charge in [-0.25, -0.2) is 4.79 Å². The predicted molar refractivity (Wildman–Crippen MR) is 90.0 cm³/mol. The highest BCUT2D eigenvalue weighted by atomic mass is 35.5. The van der Waals surface area contributed by atoms with Crippen LogP contribution in [0.25, 0.3) is 0 Å². The van der Waals surface area contributed by atoms with Crippen LogP contribution in [0.2, 0.25) is 5.02 Å². The molecule has 0 radical (unpaired) electrons. The van der Waals surface area contributed by atoms with Gasteiger partial charge in [0.25, 0.3) is 0 Å². The number of ether oxygens (including phenoxy) is 2. The first-order valence-electron chi connectivity index (χ1n) is 8.13. The Morgan fingerprint density at radius 3 is 2.68 bits per heavy atom. The summed E-state index contributed by atoms with van der Waals surface area (Å²) >= 11 is 6.07. The summed E-state index contributed by atoms with van der Waals surface area (Å²) < 4.78 is 10.9. The van der Waals surface area contributed by atoms with Crippen LogP contribution in [-0.4, -0.2) is 40.3 Å². The van der Waals surface area contributed by atoms with Gasteiger partial charge >= 0.3 is 5.97 Å². The lowest BCUT2D eigenvalue weighted by Crippen LogP contribution is -2.20. The number of esters is 1. The standard InChI is InChI=1S/C18H19ClO6/c1-9-6-15-14(25-15)5-3-2-4-10(20)7-11-16(18(23)24-9)12(21)8-13(22)17(11)19/h2-3,8-9,14-15,21-22H,4-7H2,1H3/b3-2+/t9-,14+,15-/m1/s1. The van der Waals surface area contributed by atoms with E-state index < -0.39 is 23.6 Å². The number of epoxide rings is 1. The van der Waals surface area contributed by atoms with Crippen LogP contribution in [0.15, 0.2) is 18.2 Å². The second kappa shape index (κ2) is 7.06. The van der Waals surface area contributed by atoms with E-state index in [1.807, 2.05) is 6.08 Å². The topological polar surface area (TPSA) is 96.4 Å². The first-order valence-corrected chi connectivity index (χ1v) is 8.51. The van der Waals surface area contributed by atoms with Crippen molar-refractivity contribution in [3.05, 3.63) is 34.4 Å². The SMILES string of the molecule is C[C@@H]1C[C@H]2O[C@H]2C/C=C/CC(=O)Cc2c(Cl)c(O)cc(O)c2C(=O)O1. The molecule has 134 valence electrons. The molecule has 1 fully saturated rings. The van der Waals surface area contributed by atoms with Crippen molar-refractivity contribution in [3.8, 4) is 11.5 Å². The number of hydrogen-bond donors (Lipinski definition) is 2. The number of fused-ring (bicyclic) bond motifs is 2. The molecule has 2 N–H and O–H groups in total. The van der Waals surface area contributed by atoms with Gasteiger partial charge in [0.2, 0.25) is 0 Å². The molecule has 6 nitrogen and oxygen atoms in total. The Labute approximate surface area is 150 Å². The molecule has 3 atom stereocenters. The zero-order valence-electron chi connectivity index (χ0n) is 13.7. The number of cyclic esters (lactones) is 1. The van der Waals surface area contributed by atoms with E-state index in [1.54, 1.807) is 13.0 Å². The quantitative estimate of drug-likeness (QED) is 0.416. The number of carbonyl (C=O) groups excluding carboxylic acids is 2. The van der Waals surface area contributed by atoms with E-state index in [2.05, 4.69) is 0 Å². The van der Waals surface area contributed by atoms with Crippen molar-refractivity contribution in [3.63, 3.8) is 0 Å². The summed E-state index contributed by atoms with van der Waals surface area (Å²) in [6, 6.07) is 0.973. The van der Waals surface area contributed by atoms with Crippen LogP contribution in [0.4, 0.5) is 0 Å². The van der Waals surface area contributed by atoms with Crippen LogP contribution < -0.4 is 0 Å². The Morgan fingerprint density at radius 2 is 1.92 bits per heavy atom. The maximum absolute atomic E-state index is 12.5. The zero-order chi connectivity index (χ0) is 18.1. The highest BCUT2D eigenvalue weighted by Crippen LogP contribution is 2.38. The molecule has 0 amide bonds. The third-order valence-electron chi connectivity index (χ3n) is 4.34. The fraction of sp³-hybridized carbons (Fsp3) is 0.444. The number of ketones is 1. The highest BCUT2D eigenvalue weighted by Gasteiger charge is 2.39. The van der Waals surface area contributed by atoms with Gasteiger partial charge in [-0.3, -0.25) is 4.79 Å². The zero-order valence-corrected chi connectivity index (χ0v) is 14.5. The van der Waals surface area contributed by atoms with Crippen molar-refractivity contribution in [1.29, 1.82) is 0 Å². The molecule has 1 saturated heterocycles. The number of carbonyl (C=O) groups is 2. The molecule has 2 heterocycles. The number of benzene rings is 1. The number of Topliss-reactive ketones (excluding diaryl/α,β-unsaturated/α-hetero) is 1. The summed E-state index contributed by atoms with van der Waals surface area (Å²) in [5.41, 5.74) is -0.107. The van der Waals surface area contributed by atoms with Gasteiger partial charge in [-0.05, 0) is 13.3 Å². The monoisotopic (exact) mass is 366 g/mol. The summed E-state index contributed by atoms with van der Waals surface area (Å²) in [5.74, 6) is -1.84. The number of phenols is 2. The average molecular weight is 367 g/mol. The number of rotatable bonds is 0. The Hall–Kier alpha value is -2.05. The minimum atomic E-state index is -0.778. The molecule has 0 unspecified atom stereocenters. The lowest BCUT2D eigenvalue weighted by Gasteiger charge is -2.17. The number of aromatic hydroxyl groups is 2. The smallest absolute Gasteiger partial charge is 0.342 e. The summed E-state index contributed by atoms with van der Waals surface area (Å²) in [6.07, 6.45) is 4.55. The average Bonchev–Trinajstić information content (AvgIpc) is 3.25. The fourth-order valence-corrected chi connectivity index (χ4v) is 3.22. The Morgan fingerprint density at radius 1 is 1.16 bits per heavy atom. The number of halogens is 1. The van der Waals surface area contributed by atoms with Crippen LogP contribution in [0.1, 0.15) is 42.1 Å². The Bertz CT molecular complexity index is 742. The van der Waals surface area contributed by atoms with Gasteiger partial charge < -0.3 is 19.7 Å². The van der Waals surface area contributed by atoms with Gasteiger partial charge in [0.1, 0.15) is 28.9 Å². The molecule has 1 aromatic rings. The van der Waals surface area contributed by atoms with E-state index in [1.165, 1.54) is 0 Å². The third-order valence-corrected chi connectivity index (χ3v) is 4.76. The molecule has 0 spiro atoms. The third kappa shape index (κ3) is 3.96. The van der Waals surface area contributed by atoms with E-state index >= 15 is 0 Å². The number of allylic oxidation sites excluding steroid dienone is 1. The molecule has 0 bridgehead atoms. The molecule has 7 heteroatoms. The van der Waals surface area contributed by atoms with Crippen LogP contribution >= 0.6 is 11.6 Å². The molecule has 2 aliphatic rings. The maximum atomic E-state index is 12.5. The Kier molecular flexibility index (Phi) is 5.01. The lowest BCUT2D eigenvalue weighted by atomic mass is 9.98. The molecular formula is C18H19ClO6. The summed E-state index contributed by atoms with van der Waals surface area (Å²) in [4.78, 5) is 24.7. The van der Waals surface area contributed by atoms with Gasteiger partial charge in [-0.1, -0.05) is 23.8 Å². The minimum absolute atomic E-state index is 0.0163.